The number of alkyl halides is 2. The van der Waals surface area contributed by atoms with E-state index >= 15 is 0 Å². The van der Waals surface area contributed by atoms with Gasteiger partial charge >= 0.3 is 0 Å². The molecular formula is C9H7Cl2NO. The van der Waals surface area contributed by atoms with Crippen molar-refractivity contribution in [1.29, 1.82) is 0 Å². The Balaban J connectivity index is 2.64. The van der Waals surface area contributed by atoms with Gasteiger partial charge in [-0.3, -0.25) is 4.79 Å². The molecular weight excluding hydrogens is 209 g/mol. The molecule has 0 saturated carbocycles. The molecule has 1 aromatic carbocycles. The van der Waals surface area contributed by atoms with Crippen LogP contribution in [0.1, 0.15) is 22.0 Å². The monoisotopic (exact) mass is 215 g/mol. The van der Waals surface area contributed by atoms with E-state index < -0.39 is 10.4 Å². The summed E-state index contributed by atoms with van der Waals surface area (Å²) in [6.45, 7) is 0. The maximum atomic E-state index is 11.6. The quantitative estimate of drug-likeness (QED) is 0.674. The van der Waals surface area contributed by atoms with Crippen LogP contribution >= 0.6 is 23.2 Å². The Morgan fingerprint density at radius 1 is 1.31 bits per heavy atom. The molecule has 0 fully saturated rings. The second-order valence-corrected chi connectivity index (χ2v) is 4.40. The van der Waals surface area contributed by atoms with Gasteiger partial charge in [0.1, 0.15) is 0 Å². The van der Waals surface area contributed by atoms with E-state index in [-0.39, 0.29) is 5.78 Å². The molecule has 1 aliphatic rings. The third-order valence-electron chi connectivity index (χ3n) is 2.23. The van der Waals surface area contributed by atoms with Crippen molar-refractivity contribution in [2.75, 3.05) is 0 Å². The van der Waals surface area contributed by atoms with Crippen molar-refractivity contribution >= 4 is 29.0 Å². The van der Waals surface area contributed by atoms with E-state index in [4.69, 9.17) is 28.9 Å². The number of carbonyl (C=O) groups is 1. The SMILES string of the molecule is NC1c2ccccc2C(=O)C1(Cl)Cl. The highest BCUT2D eigenvalue weighted by atomic mass is 35.5. The van der Waals surface area contributed by atoms with Gasteiger partial charge in [-0.25, -0.2) is 0 Å². The van der Waals surface area contributed by atoms with Gasteiger partial charge in [-0.2, -0.15) is 0 Å². The molecule has 13 heavy (non-hydrogen) atoms. The van der Waals surface area contributed by atoms with E-state index in [9.17, 15) is 4.79 Å². The van der Waals surface area contributed by atoms with E-state index in [0.29, 0.717) is 5.56 Å². The molecule has 4 heteroatoms. The molecule has 1 aliphatic carbocycles. The normalized spacial score (nSPS) is 24.5. The molecule has 1 unspecified atom stereocenters. The lowest BCUT2D eigenvalue weighted by Crippen LogP contribution is -2.31. The standard InChI is InChI=1S/C9H7Cl2NO/c10-9(11)7(12)5-3-1-2-4-6(5)8(9)13/h1-4,7H,12H2. The minimum atomic E-state index is -1.50. The first-order valence-corrected chi connectivity index (χ1v) is 4.58. The van der Waals surface area contributed by atoms with E-state index in [1.807, 2.05) is 0 Å². The number of benzene rings is 1. The van der Waals surface area contributed by atoms with Gasteiger partial charge in [0, 0.05) is 5.56 Å². The van der Waals surface area contributed by atoms with Crippen LogP contribution in [-0.2, 0) is 0 Å². The molecule has 0 heterocycles. The second kappa shape index (κ2) is 2.71. The van der Waals surface area contributed by atoms with Crippen LogP contribution in [0.4, 0.5) is 0 Å². The zero-order chi connectivity index (χ0) is 9.64. The van der Waals surface area contributed by atoms with Crippen LogP contribution in [0.3, 0.4) is 0 Å². The van der Waals surface area contributed by atoms with E-state index in [1.165, 1.54) is 0 Å². The van der Waals surface area contributed by atoms with Crippen molar-refractivity contribution in [3.8, 4) is 0 Å². The first-order chi connectivity index (χ1) is 6.05. The average molecular weight is 216 g/mol. The fourth-order valence-corrected chi connectivity index (χ4v) is 1.93. The summed E-state index contributed by atoms with van der Waals surface area (Å²) in [5, 5.41) is 0. The number of hydrogen-bond acceptors (Lipinski definition) is 2. The number of nitrogens with two attached hydrogens (primary N) is 1. The smallest absolute Gasteiger partial charge is 0.201 e. The molecule has 0 aliphatic heterocycles. The van der Waals surface area contributed by atoms with Crippen LogP contribution in [0.25, 0.3) is 0 Å². The van der Waals surface area contributed by atoms with Gasteiger partial charge in [-0.15, -0.1) is 0 Å². The predicted molar refractivity (Wildman–Crippen MR) is 52.1 cm³/mol. The van der Waals surface area contributed by atoms with Gasteiger partial charge < -0.3 is 5.73 Å². The highest BCUT2D eigenvalue weighted by Crippen LogP contribution is 2.44. The summed E-state index contributed by atoms with van der Waals surface area (Å²) >= 11 is 11.6. The number of rotatable bonds is 0. The molecule has 2 nitrogen and oxygen atoms in total. The topological polar surface area (TPSA) is 43.1 Å². The lowest BCUT2D eigenvalue weighted by Gasteiger charge is -2.15. The Morgan fingerprint density at radius 2 is 1.92 bits per heavy atom. The van der Waals surface area contributed by atoms with Crippen molar-refractivity contribution in [1.82, 2.24) is 0 Å². The minimum absolute atomic E-state index is 0.307. The highest BCUT2D eigenvalue weighted by molar-refractivity contribution is 6.61. The minimum Gasteiger partial charge on any atom is -0.321 e. The Kier molecular flexibility index (Phi) is 1.88. The number of halogens is 2. The zero-order valence-corrected chi connectivity index (χ0v) is 8.14. The Bertz CT molecular complexity index is 376. The first kappa shape index (κ1) is 9.00. The van der Waals surface area contributed by atoms with Crippen LogP contribution in [0, 0.1) is 0 Å². The zero-order valence-electron chi connectivity index (χ0n) is 6.63. The molecule has 0 radical (unpaired) electrons. The van der Waals surface area contributed by atoms with Gasteiger partial charge in [0.15, 0.2) is 4.33 Å². The lowest BCUT2D eigenvalue weighted by atomic mass is 10.1. The van der Waals surface area contributed by atoms with Crippen LogP contribution in [0.2, 0.25) is 0 Å². The fourth-order valence-electron chi connectivity index (χ4n) is 1.49. The van der Waals surface area contributed by atoms with Crippen molar-refractivity contribution in [3.05, 3.63) is 35.4 Å². The summed E-state index contributed by atoms with van der Waals surface area (Å²) in [7, 11) is 0. The molecule has 2 N–H and O–H groups in total. The molecule has 0 spiro atoms. The van der Waals surface area contributed by atoms with Crippen LogP contribution in [-0.4, -0.2) is 10.1 Å². The number of hydrogen-bond donors (Lipinski definition) is 1. The highest BCUT2D eigenvalue weighted by Gasteiger charge is 2.48. The number of fused-ring (bicyclic) bond motifs is 1. The van der Waals surface area contributed by atoms with Crippen LogP contribution < -0.4 is 5.73 Å². The van der Waals surface area contributed by atoms with E-state index in [1.54, 1.807) is 24.3 Å². The number of Topliss-reactive ketones (excluding diaryl/α,β-unsaturated/α-hetero) is 1. The predicted octanol–water partition coefficient (Wildman–Crippen LogP) is 2.06. The lowest BCUT2D eigenvalue weighted by molar-refractivity contribution is 0.0979. The molecule has 1 atom stereocenters. The molecule has 1 aromatic rings. The molecule has 0 bridgehead atoms. The van der Waals surface area contributed by atoms with E-state index in [0.717, 1.165) is 5.56 Å². The Morgan fingerprint density at radius 3 is 2.54 bits per heavy atom. The van der Waals surface area contributed by atoms with Gasteiger partial charge in [-0.1, -0.05) is 47.5 Å². The van der Waals surface area contributed by atoms with Gasteiger partial charge in [-0.05, 0) is 5.56 Å². The van der Waals surface area contributed by atoms with Gasteiger partial charge in [0.25, 0.3) is 0 Å². The summed E-state index contributed by atoms with van der Waals surface area (Å²) in [5.41, 5.74) is 6.98. The molecule has 0 amide bonds. The van der Waals surface area contributed by atoms with Crippen molar-refractivity contribution < 1.29 is 4.79 Å². The van der Waals surface area contributed by atoms with Crippen molar-refractivity contribution in [2.45, 2.75) is 10.4 Å². The van der Waals surface area contributed by atoms with Crippen molar-refractivity contribution in [3.63, 3.8) is 0 Å². The third-order valence-corrected chi connectivity index (χ3v) is 3.05. The van der Waals surface area contributed by atoms with E-state index in [2.05, 4.69) is 0 Å². The Hall–Kier alpha value is -0.570. The first-order valence-electron chi connectivity index (χ1n) is 3.82. The van der Waals surface area contributed by atoms with Crippen LogP contribution in [0.15, 0.2) is 24.3 Å². The molecule has 2 rings (SSSR count). The largest absolute Gasteiger partial charge is 0.321 e. The fraction of sp³-hybridized carbons (Fsp3) is 0.222. The van der Waals surface area contributed by atoms with Crippen molar-refractivity contribution in [2.24, 2.45) is 5.73 Å². The second-order valence-electron chi connectivity index (χ2n) is 3.02. The maximum Gasteiger partial charge on any atom is 0.201 e. The number of ketones is 1. The molecule has 68 valence electrons. The Labute approximate surface area is 85.6 Å². The molecule has 0 aromatic heterocycles. The van der Waals surface area contributed by atoms with Gasteiger partial charge in [0.05, 0.1) is 6.04 Å². The number of carbonyl (C=O) groups excluding carboxylic acids is 1. The molecule has 0 saturated heterocycles. The summed E-state index contributed by atoms with van der Waals surface area (Å²) in [6, 6.07) is 6.40. The van der Waals surface area contributed by atoms with Crippen LogP contribution in [0.5, 0.6) is 0 Å². The summed E-state index contributed by atoms with van der Waals surface area (Å²) in [5.74, 6) is -0.307. The summed E-state index contributed by atoms with van der Waals surface area (Å²) < 4.78 is -1.50. The third kappa shape index (κ3) is 1.10. The average Bonchev–Trinajstić information content (AvgIpc) is 2.30. The maximum absolute atomic E-state index is 11.6. The summed E-state index contributed by atoms with van der Waals surface area (Å²) in [6.07, 6.45) is 0. The summed E-state index contributed by atoms with van der Waals surface area (Å²) in [4.78, 5) is 11.6. The van der Waals surface area contributed by atoms with Gasteiger partial charge in [0.2, 0.25) is 5.78 Å².